The number of hydrogen-bond donors (Lipinski definition) is 0. The van der Waals surface area contributed by atoms with Crippen LogP contribution in [0.4, 0.5) is 0 Å². The Hall–Kier alpha value is -0.0700. The van der Waals surface area contributed by atoms with E-state index >= 15 is 0 Å². The molecule has 2 saturated heterocycles. The lowest BCUT2D eigenvalue weighted by molar-refractivity contribution is -0.123. The van der Waals surface area contributed by atoms with Crippen LogP contribution < -0.4 is 0 Å². The van der Waals surface area contributed by atoms with Gasteiger partial charge in [-0.25, -0.2) is 12.7 Å². The molecule has 0 saturated carbocycles. The van der Waals surface area contributed by atoms with E-state index in [2.05, 4.69) is 0 Å². The molecular weight excluding hydrogens is 270 g/mol. The van der Waals surface area contributed by atoms with Crippen molar-refractivity contribution < 1.29 is 13.2 Å². The van der Waals surface area contributed by atoms with E-state index in [9.17, 15) is 13.2 Å². The van der Waals surface area contributed by atoms with Gasteiger partial charge < -0.3 is 0 Å². The van der Waals surface area contributed by atoms with Gasteiger partial charge >= 0.3 is 0 Å². The zero-order valence-corrected chi connectivity index (χ0v) is 12.4. The SMILES string of the molecule is CS(=O)(=O)N1CCCC(CC(=O)C2CCSC2)C1. The zero-order chi connectivity index (χ0) is 13.2. The Morgan fingerprint density at radius 1 is 1.39 bits per heavy atom. The quantitative estimate of drug-likeness (QED) is 0.785. The molecular formula is C12H21NO3S2. The van der Waals surface area contributed by atoms with Gasteiger partial charge in [0, 0.05) is 31.2 Å². The van der Waals surface area contributed by atoms with Crippen LogP contribution in [0.2, 0.25) is 0 Å². The molecule has 2 rings (SSSR count). The van der Waals surface area contributed by atoms with Gasteiger partial charge in [0.05, 0.1) is 6.26 Å². The fraction of sp³-hybridized carbons (Fsp3) is 0.917. The standard InChI is InChI=1S/C12H21NO3S2/c1-18(15,16)13-5-2-3-10(8-13)7-12(14)11-4-6-17-9-11/h10-11H,2-9H2,1H3. The number of piperidine rings is 1. The molecule has 0 amide bonds. The number of Topliss-reactive ketones (excluding diaryl/α,β-unsaturated/α-hetero) is 1. The van der Waals surface area contributed by atoms with E-state index in [1.807, 2.05) is 11.8 Å². The predicted molar refractivity (Wildman–Crippen MR) is 74.2 cm³/mol. The van der Waals surface area contributed by atoms with E-state index in [0.717, 1.165) is 30.8 Å². The molecule has 0 aromatic rings. The van der Waals surface area contributed by atoms with Crippen molar-refractivity contribution in [2.75, 3.05) is 30.9 Å². The van der Waals surface area contributed by atoms with Crippen molar-refractivity contribution in [2.45, 2.75) is 25.7 Å². The first kappa shape index (κ1) is 14.3. The van der Waals surface area contributed by atoms with Gasteiger partial charge in [0.25, 0.3) is 0 Å². The van der Waals surface area contributed by atoms with Crippen LogP contribution in [-0.2, 0) is 14.8 Å². The van der Waals surface area contributed by atoms with E-state index in [-0.39, 0.29) is 11.8 Å². The summed E-state index contributed by atoms with van der Waals surface area (Å²) in [6.45, 7) is 1.15. The van der Waals surface area contributed by atoms with Gasteiger partial charge in [-0.2, -0.15) is 11.8 Å². The summed E-state index contributed by atoms with van der Waals surface area (Å²) in [7, 11) is -3.10. The smallest absolute Gasteiger partial charge is 0.211 e. The maximum absolute atomic E-state index is 12.1. The third kappa shape index (κ3) is 3.71. The third-order valence-corrected chi connectivity index (χ3v) is 6.26. The number of rotatable bonds is 4. The molecule has 2 atom stereocenters. The van der Waals surface area contributed by atoms with E-state index in [0.29, 0.717) is 25.3 Å². The first-order chi connectivity index (χ1) is 8.47. The summed E-state index contributed by atoms with van der Waals surface area (Å²) < 4.78 is 24.5. The van der Waals surface area contributed by atoms with Crippen molar-refractivity contribution in [1.82, 2.24) is 4.31 Å². The minimum Gasteiger partial charge on any atom is -0.299 e. The van der Waals surface area contributed by atoms with Crippen LogP contribution in [0.3, 0.4) is 0 Å². The average molecular weight is 291 g/mol. The van der Waals surface area contributed by atoms with Crippen molar-refractivity contribution in [1.29, 1.82) is 0 Å². The summed E-state index contributed by atoms with van der Waals surface area (Å²) in [6, 6.07) is 0. The van der Waals surface area contributed by atoms with Gasteiger partial charge in [0.15, 0.2) is 0 Å². The molecule has 6 heteroatoms. The van der Waals surface area contributed by atoms with Crippen molar-refractivity contribution in [3.8, 4) is 0 Å². The maximum atomic E-state index is 12.1. The Balaban J connectivity index is 1.87. The highest BCUT2D eigenvalue weighted by molar-refractivity contribution is 7.99. The molecule has 0 aromatic heterocycles. The fourth-order valence-electron chi connectivity index (χ4n) is 2.73. The van der Waals surface area contributed by atoms with E-state index in [1.165, 1.54) is 10.6 Å². The molecule has 0 radical (unpaired) electrons. The molecule has 0 aliphatic carbocycles. The summed E-state index contributed by atoms with van der Waals surface area (Å²) in [5, 5.41) is 0. The molecule has 2 heterocycles. The van der Waals surface area contributed by atoms with E-state index < -0.39 is 10.0 Å². The minimum absolute atomic E-state index is 0.226. The van der Waals surface area contributed by atoms with Gasteiger partial charge in [-0.15, -0.1) is 0 Å². The fourth-order valence-corrected chi connectivity index (χ4v) is 4.93. The molecule has 4 nitrogen and oxygen atoms in total. The highest BCUT2D eigenvalue weighted by atomic mass is 32.2. The van der Waals surface area contributed by atoms with Crippen molar-refractivity contribution in [3.05, 3.63) is 0 Å². The lowest BCUT2D eigenvalue weighted by Gasteiger charge is -2.31. The molecule has 2 aliphatic heterocycles. The number of nitrogens with zero attached hydrogens (tertiary/aromatic N) is 1. The molecule has 104 valence electrons. The van der Waals surface area contributed by atoms with Gasteiger partial charge in [-0.3, -0.25) is 4.79 Å². The van der Waals surface area contributed by atoms with Crippen LogP contribution in [-0.4, -0.2) is 49.4 Å². The van der Waals surface area contributed by atoms with E-state index in [1.54, 1.807) is 0 Å². The Morgan fingerprint density at radius 3 is 2.78 bits per heavy atom. The Morgan fingerprint density at radius 2 is 2.17 bits per heavy atom. The van der Waals surface area contributed by atoms with Crippen LogP contribution in [0.5, 0.6) is 0 Å². The Labute approximate surface area is 114 Å². The molecule has 2 unspecified atom stereocenters. The van der Waals surface area contributed by atoms with Gasteiger partial charge in [-0.05, 0) is 30.9 Å². The normalized spacial score (nSPS) is 30.5. The summed E-state index contributed by atoms with van der Waals surface area (Å²) in [5.74, 6) is 2.85. The predicted octanol–water partition coefficient (Wildman–Crippen LogP) is 1.37. The lowest BCUT2D eigenvalue weighted by atomic mass is 9.89. The second kappa shape index (κ2) is 5.92. The first-order valence-electron chi connectivity index (χ1n) is 6.52. The molecule has 0 spiro atoms. The van der Waals surface area contributed by atoms with Crippen molar-refractivity contribution in [3.63, 3.8) is 0 Å². The minimum atomic E-state index is -3.10. The number of hydrogen-bond acceptors (Lipinski definition) is 4. The van der Waals surface area contributed by atoms with Crippen molar-refractivity contribution in [2.24, 2.45) is 11.8 Å². The number of carbonyl (C=O) groups excluding carboxylic acids is 1. The summed E-state index contributed by atoms with van der Waals surface area (Å²) >= 11 is 1.85. The molecule has 0 bridgehead atoms. The van der Waals surface area contributed by atoms with Crippen LogP contribution >= 0.6 is 11.8 Å². The molecule has 2 fully saturated rings. The molecule has 2 aliphatic rings. The second-order valence-electron chi connectivity index (χ2n) is 5.36. The summed E-state index contributed by atoms with van der Waals surface area (Å²) in [5.41, 5.74) is 0. The highest BCUT2D eigenvalue weighted by Crippen LogP contribution is 2.28. The maximum Gasteiger partial charge on any atom is 0.211 e. The van der Waals surface area contributed by atoms with Gasteiger partial charge in [-0.1, -0.05) is 0 Å². The van der Waals surface area contributed by atoms with Gasteiger partial charge in [0.1, 0.15) is 5.78 Å². The highest BCUT2D eigenvalue weighted by Gasteiger charge is 2.30. The monoisotopic (exact) mass is 291 g/mol. The van der Waals surface area contributed by atoms with Crippen LogP contribution in [0.25, 0.3) is 0 Å². The van der Waals surface area contributed by atoms with Crippen molar-refractivity contribution >= 4 is 27.6 Å². The van der Waals surface area contributed by atoms with Crippen LogP contribution in [0.15, 0.2) is 0 Å². The van der Waals surface area contributed by atoms with E-state index in [4.69, 9.17) is 0 Å². The number of thioether (sulfide) groups is 1. The number of ketones is 1. The topological polar surface area (TPSA) is 54.5 Å². The lowest BCUT2D eigenvalue weighted by Crippen LogP contribution is -2.40. The molecule has 0 aromatic carbocycles. The van der Waals surface area contributed by atoms with Gasteiger partial charge in [0.2, 0.25) is 10.0 Å². The zero-order valence-electron chi connectivity index (χ0n) is 10.8. The number of sulfonamides is 1. The molecule has 18 heavy (non-hydrogen) atoms. The van der Waals surface area contributed by atoms with Crippen LogP contribution in [0.1, 0.15) is 25.7 Å². The summed E-state index contributed by atoms with van der Waals surface area (Å²) in [4.78, 5) is 12.1. The molecule has 0 N–H and O–H groups in total. The summed E-state index contributed by atoms with van der Waals surface area (Å²) in [6.07, 6.45) is 4.69. The first-order valence-corrected chi connectivity index (χ1v) is 9.52. The third-order valence-electron chi connectivity index (χ3n) is 3.83. The Kier molecular flexibility index (Phi) is 4.72. The second-order valence-corrected chi connectivity index (χ2v) is 8.49. The van der Waals surface area contributed by atoms with Crippen LogP contribution in [0, 0.1) is 11.8 Å². The largest absolute Gasteiger partial charge is 0.299 e. The average Bonchev–Trinajstić information content (AvgIpc) is 2.81. The Bertz CT molecular complexity index is 402. The number of carbonyl (C=O) groups is 1.